The highest BCUT2D eigenvalue weighted by molar-refractivity contribution is 5.35. The zero-order valence-corrected chi connectivity index (χ0v) is 12.9. The molecule has 2 heteroatoms. The first-order valence-electron chi connectivity index (χ1n) is 7.02. The van der Waals surface area contributed by atoms with E-state index in [2.05, 4.69) is 45.7 Å². The summed E-state index contributed by atoms with van der Waals surface area (Å²) in [5.74, 6) is 0. The molecule has 0 spiro atoms. The number of nitrogens with zero attached hydrogens (tertiary/aromatic N) is 2. The van der Waals surface area contributed by atoms with E-state index in [1.807, 2.05) is 19.2 Å². The molecule has 0 aromatic carbocycles. The fraction of sp³-hybridized carbons (Fsp3) is 0.625. The highest BCUT2D eigenvalue weighted by Gasteiger charge is 2.01. The van der Waals surface area contributed by atoms with Crippen LogP contribution in [0.2, 0.25) is 0 Å². The van der Waals surface area contributed by atoms with E-state index in [1.165, 1.54) is 12.8 Å². The average Bonchev–Trinajstić information content (AvgIpc) is 2.39. The Kier molecular flexibility index (Phi) is 14.5. The number of aryl methyl sites for hydroxylation is 2. The lowest BCUT2D eigenvalue weighted by Gasteiger charge is -2.01. The Bertz CT molecular complexity index is 335. The van der Waals surface area contributed by atoms with Gasteiger partial charge >= 0.3 is 0 Å². The van der Waals surface area contributed by atoms with Gasteiger partial charge in [0.1, 0.15) is 6.07 Å². The van der Waals surface area contributed by atoms with E-state index in [4.69, 9.17) is 5.26 Å². The molecule has 0 aliphatic carbocycles. The Morgan fingerprint density at radius 3 is 1.83 bits per heavy atom. The zero-order chi connectivity index (χ0) is 14.4. The zero-order valence-electron chi connectivity index (χ0n) is 12.9. The standard InChI is InChI=1S/C10H12N2.2C3H8/c1-3-8-5-9(6-11)10(4-2)12-7-8;2*1-3-2/h5,7H,3-4H2,1-2H3;2*3H2,1-2H3. The lowest BCUT2D eigenvalue weighted by atomic mass is 10.1. The second-order valence-corrected chi connectivity index (χ2v) is 4.07. The first-order valence-corrected chi connectivity index (χ1v) is 7.02. The molecule has 1 aromatic heterocycles. The lowest BCUT2D eigenvalue weighted by Crippen LogP contribution is -1.94. The molecule has 0 fully saturated rings. The summed E-state index contributed by atoms with van der Waals surface area (Å²) >= 11 is 0. The van der Waals surface area contributed by atoms with Gasteiger partial charge in [0.2, 0.25) is 0 Å². The molecule has 18 heavy (non-hydrogen) atoms. The summed E-state index contributed by atoms with van der Waals surface area (Å²) in [6, 6.07) is 4.08. The molecule has 0 atom stereocenters. The molecule has 1 rings (SSSR count). The van der Waals surface area contributed by atoms with Crippen molar-refractivity contribution in [1.29, 1.82) is 5.26 Å². The maximum atomic E-state index is 8.78. The van der Waals surface area contributed by atoms with Crippen molar-refractivity contribution >= 4 is 0 Å². The van der Waals surface area contributed by atoms with Crippen molar-refractivity contribution in [2.45, 2.75) is 67.2 Å². The van der Waals surface area contributed by atoms with Crippen LogP contribution < -0.4 is 0 Å². The Hall–Kier alpha value is -1.36. The van der Waals surface area contributed by atoms with E-state index in [-0.39, 0.29) is 0 Å². The summed E-state index contributed by atoms with van der Waals surface area (Å²) in [4.78, 5) is 4.22. The molecular formula is C16H28N2. The van der Waals surface area contributed by atoms with Crippen molar-refractivity contribution in [3.05, 3.63) is 29.1 Å². The maximum absolute atomic E-state index is 8.78. The van der Waals surface area contributed by atoms with Crippen LogP contribution in [0.3, 0.4) is 0 Å². The predicted octanol–water partition coefficient (Wildman–Crippen LogP) is 4.91. The number of pyridine rings is 1. The van der Waals surface area contributed by atoms with Crippen molar-refractivity contribution in [3.63, 3.8) is 0 Å². The van der Waals surface area contributed by atoms with Gasteiger partial charge in [-0.2, -0.15) is 5.26 Å². The van der Waals surface area contributed by atoms with E-state index in [0.717, 1.165) is 29.7 Å². The first-order chi connectivity index (χ1) is 8.64. The highest BCUT2D eigenvalue weighted by Crippen LogP contribution is 2.08. The minimum absolute atomic E-state index is 0.719. The second-order valence-electron chi connectivity index (χ2n) is 4.07. The fourth-order valence-electron chi connectivity index (χ4n) is 1.11. The summed E-state index contributed by atoms with van der Waals surface area (Å²) in [6.07, 6.45) is 6.11. The minimum Gasteiger partial charge on any atom is -0.260 e. The molecule has 2 nitrogen and oxygen atoms in total. The van der Waals surface area contributed by atoms with Crippen molar-refractivity contribution in [1.82, 2.24) is 4.98 Å². The van der Waals surface area contributed by atoms with E-state index in [1.54, 1.807) is 0 Å². The Balaban J connectivity index is 0. The van der Waals surface area contributed by atoms with Gasteiger partial charge in [-0.1, -0.05) is 54.4 Å². The average molecular weight is 248 g/mol. The van der Waals surface area contributed by atoms with Gasteiger partial charge in [0.15, 0.2) is 0 Å². The normalized spacial score (nSPS) is 8.28. The summed E-state index contributed by atoms with van der Waals surface area (Å²) < 4.78 is 0. The maximum Gasteiger partial charge on any atom is 0.101 e. The SMILES string of the molecule is CCC.CCC.CCc1cnc(CC)c(C#N)c1. The number of hydrogen-bond acceptors (Lipinski definition) is 2. The second kappa shape index (κ2) is 13.7. The molecule has 0 saturated carbocycles. The van der Waals surface area contributed by atoms with Crippen LogP contribution in [0.4, 0.5) is 0 Å². The molecule has 0 aliphatic heterocycles. The predicted molar refractivity (Wildman–Crippen MR) is 79.6 cm³/mol. The van der Waals surface area contributed by atoms with Crippen molar-refractivity contribution in [2.75, 3.05) is 0 Å². The van der Waals surface area contributed by atoms with Crippen LogP contribution in [-0.4, -0.2) is 4.98 Å². The smallest absolute Gasteiger partial charge is 0.101 e. The van der Waals surface area contributed by atoms with E-state index in [0.29, 0.717) is 0 Å². The Morgan fingerprint density at radius 2 is 1.50 bits per heavy atom. The van der Waals surface area contributed by atoms with Gasteiger partial charge in [-0.25, -0.2) is 0 Å². The molecule has 0 bridgehead atoms. The van der Waals surface area contributed by atoms with Crippen LogP contribution in [0.1, 0.15) is 71.2 Å². The Morgan fingerprint density at radius 1 is 1.00 bits per heavy atom. The minimum atomic E-state index is 0.719. The topological polar surface area (TPSA) is 36.7 Å². The van der Waals surface area contributed by atoms with E-state index in [9.17, 15) is 0 Å². The third-order valence-electron chi connectivity index (χ3n) is 1.89. The van der Waals surface area contributed by atoms with Gasteiger partial charge < -0.3 is 0 Å². The van der Waals surface area contributed by atoms with Gasteiger partial charge in [-0.3, -0.25) is 4.98 Å². The number of aromatic nitrogens is 1. The highest BCUT2D eigenvalue weighted by atomic mass is 14.7. The molecule has 0 radical (unpaired) electrons. The third-order valence-corrected chi connectivity index (χ3v) is 1.89. The largest absolute Gasteiger partial charge is 0.260 e. The van der Waals surface area contributed by atoms with Crippen LogP contribution in [0.15, 0.2) is 12.3 Å². The number of rotatable bonds is 2. The summed E-state index contributed by atoms with van der Waals surface area (Å²) in [5, 5.41) is 8.78. The van der Waals surface area contributed by atoms with Crippen molar-refractivity contribution in [3.8, 4) is 6.07 Å². The van der Waals surface area contributed by atoms with Gasteiger partial charge in [0.05, 0.1) is 11.3 Å². The molecule has 0 saturated heterocycles. The van der Waals surface area contributed by atoms with Crippen LogP contribution in [-0.2, 0) is 12.8 Å². The molecule has 102 valence electrons. The van der Waals surface area contributed by atoms with Gasteiger partial charge in [0, 0.05) is 6.20 Å². The molecule has 1 heterocycles. The van der Waals surface area contributed by atoms with Crippen LogP contribution >= 0.6 is 0 Å². The number of nitriles is 1. The molecule has 0 unspecified atom stereocenters. The van der Waals surface area contributed by atoms with E-state index < -0.39 is 0 Å². The number of hydrogen-bond donors (Lipinski definition) is 0. The van der Waals surface area contributed by atoms with Crippen LogP contribution in [0, 0.1) is 11.3 Å². The summed E-state index contributed by atoms with van der Waals surface area (Å²) in [6.45, 7) is 12.6. The molecule has 1 aromatic rings. The molecular weight excluding hydrogens is 220 g/mol. The summed E-state index contributed by atoms with van der Waals surface area (Å²) in [5.41, 5.74) is 2.75. The summed E-state index contributed by atoms with van der Waals surface area (Å²) in [7, 11) is 0. The van der Waals surface area contributed by atoms with Crippen LogP contribution in [0.5, 0.6) is 0 Å². The molecule has 0 amide bonds. The van der Waals surface area contributed by atoms with Gasteiger partial charge in [-0.05, 0) is 24.5 Å². The lowest BCUT2D eigenvalue weighted by molar-refractivity contribution is 0.994. The van der Waals surface area contributed by atoms with Gasteiger partial charge in [-0.15, -0.1) is 0 Å². The van der Waals surface area contributed by atoms with E-state index >= 15 is 0 Å². The van der Waals surface area contributed by atoms with Crippen molar-refractivity contribution in [2.24, 2.45) is 0 Å². The van der Waals surface area contributed by atoms with Crippen LogP contribution in [0.25, 0.3) is 0 Å². The monoisotopic (exact) mass is 248 g/mol. The molecule has 0 N–H and O–H groups in total. The fourth-order valence-corrected chi connectivity index (χ4v) is 1.11. The quantitative estimate of drug-likeness (QED) is 0.745. The molecule has 0 aliphatic rings. The van der Waals surface area contributed by atoms with Crippen molar-refractivity contribution < 1.29 is 0 Å². The Labute approximate surface area is 113 Å². The third kappa shape index (κ3) is 8.75. The first kappa shape index (κ1) is 19.0. The van der Waals surface area contributed by atoms with Gasteiger partial charge in [0.25, 0.3) is 0 Å².